The van der Waals surface area contributed by atoms with Crippen LogP contribution >= 0.6 is 0 Å². The summed E-state index contributed by atoms with van der Waals surface area (Å²) < 4.78 is 15.2. The predicted octanol–water partition coefficient (Wildman–Crippen LogP) is 2.40. The lowest BCUT2D eigenvalue weighted by atomic mass is 10.1. The van der Waals surface area contributed by atoms with Crippen LogP contribution in [0.3, 0.4) is 0 Å². The van der Waals surface area contributed by atoms with Crippen molar-refractivity contribution in [3.8, 4) is 11.5 Å². The Morgan fingerprint density at radius 2 is 1.89 bits per heavy atom. The van der Waals surface area contributed by atoms with Gasteiger partial charge in [0.1, 0.15) is 5.82 Å². The molecule has 28 heavy (non-hydrogen) atoms. The highest BCUT2D eigenvalue weighted by Gasteiger charge is 2.17. The number of esters is 1. The molecule has 0 atom stereocenters. The normalized spacial score (nSPS) is 10.5. The van der Waals surface area contributed by atoms with Crippen LogP contribution in [-0.4, -0.2) is 54.6 Å². The van der Waals surface area contributed by atoms with Gasteiger partial charge in [0, 0.05) is 12.6 Å². The van der Waals surface area contributed by atoms with Gasteiger partial charge in [-0.1, -0.05) is 12.1 Å². The Morgan fingerprint density at radius 1 is 1.11 bits per heavy atom. The van der Waals surface area contributed by atoms with E-state index in [0.29, 0.717) is 29.4 Å². The van der Waals surface area contributed by atoms with Crippen LogP contribution in [0.2, 0.25) is 0 Å². The van der Waals surface area contributed by atoms with Crippen molar-refractivity contribution in [2.24, 2.45) is 0 Å². The van der Waals surface area contributed by atoms with E-state index in [2.05, 4.69) is 14.7 Å². The Kier molecular flexibility index (Phi) is 5.78. The lowest BCUT2D eigenvalue weighted by Gasteiger charge is -2.17. The number of hydrogen-bond donors (Lipinski definition) is 1. The third kappa shape index (κ3) is 4.22. The SMILES string of the molecule is COC(=O)COc1ccc(C(=O)N(C)Cc2nc3ccccc3[nH]2)cc1OC. The third-order valence-corrected chi connectivity index (χ3v) is 4.16. The molecule has 0 fully saturated rings. The summed E-state index contributed by atoms with van der Waals surface area (Å²) in [5, 5.41) is 0. The van der Waals surface area contributed by atoms with Gasteiger partial charge in [0.2, 0.25) is 0 Å². The highest BCUT2D eigenvalue weighted by molar-refractivity contribution is 5.94. The molecule has 0 bridgehead atoms. The monoisotopic (exact) mass is 383 g/mol. The average Bonchev–Trinajstić information content (AvgIpc) is 3.13. The van der Waals surface area contributed by atoms with Gasteiger partial charge in [-0.2, -0.15) is 0 Å². The molecule has 0 radical (unpaired) electrons. The molecule has 1 N–H and O–H groups in total. The van der Waals surface area contributed by atoms with Crippen molar-refractivity contribution < 1.29 is 23.8 Å². The Morgan fingerprint density at radius 3 is 2.61 bits per heavy atom. The number of benzene rings is 2. The van der Waals surface area contributed by atoms with Crippen LogP contribution in [0.15, 0.2) is 42.5 Å². The number of imidazole rings is 1. The Labute approximate surface area is 162 Å². The number of nitrogens with one attached hydrogen (secondary N) is 1. The van der Waals surface area contributed by atoms with Crippen LogP contribution in [0.25, 0.3) is 11.0 Å². The molecule has 1 amide bonds. The van der Waals surface area contributed by atoms with Gasteiger partial charge >= 0.3 is 5.97 Å². The van der Waals surface area contributed by atoms with Crippen molar-refractivity contribution in [1.29, 1.82) is 0 Å². The number of ether oxygens (including phenoxy) is 3. The molecule has 8 heteroatoms. The molecule has 0 saturated heterocycles. The van der Waals surface area contributed by atoms with Crippen LogP contribution in [0.5, 0.6) is 11.5 Å². The number of para-hydroxylation sites is 2. The van der Waals surface area contributed by atoms with Crippen molar-refractivity contribution in [3.05, 3.63) is 53.9 Å². The summed E-state index contributed by atoms with van der Waals surface area (Å²) in [6, 6.07) is 12.5. The van der Waals surface area contributed by atoms with Crippen LogP contribution in [0, 0.1) is 0 Å². The van der Waals surface area contributed by atoms with E-state index in [0.717, 1.165) is 11.0 Å². The summed E-state index contributed by atoms with van der Waals surface area (Å²) in [6.45, 7) is 0.0858. The second-order valence-electron chi connectivity index (χ2n) is 6.09. The Bertz CT molecular complexity index is 965. The highest BCUT2D eigenvalue weighted by Crippen LogP contribution is 2.28. The van der Waals surface area contributed by atoms with E-state index in [1.807, 2.05) is 24.3 Å². The van der Waals surface area contributed by atoms with E-state index < -0.39 is 5.97 Å². The zero-order chi connectivity index (χ0) is 20.1. The molecule has 0 unspecified atom stereocenters. The zero-order valence-corrected chi connectivity index (χ0v) is 15.9. The first-order chi connectivity index (χ1) is 13.5. The topological polar surface area (TPSA) is 93.8 Å². The lowest BCUT2D eigenvalue weighted by molar-refractivity contribution is -0.142. The number of aromatic amines is 1. The number of H-pyrrole nitrogens is 1. The second kappa shape index (κ2) is 8.43. The second-order valence-corrected chi connectivity index (χ2v) is 6.09. The molecule has 3 aromatic rings. The number of rotatable bonds is 7. The quantitative estimate of drug-likeness (QED) is 0.630. The first-order valence-electron chi connectivity index (χ1n) is 8.58. The first kappa shape index (κ1) is 19.2. The van der Waals surface area contributed by atoms with Crippen molar-refractivity contribution in [3.63, 3.8) is 0 Å². The number of nitrogens with zero attached hydrogens (tertiary/aromatic N) is 2. The standard InChI is InChI=1S/C20H21N3O5/c1-23(11-18-21-14-6-4-5-7-15(14)22-18)20(25)13-8-9-16(17(10-13)26-2)28-12-19(24)27-3/h4-10H,11-12H2,1-3H3,(H,21,22). The van der Waals surface area contributed by atoms with E-state index in [1.54, 1.807) is 30.1 Å². The fraction of sp³-hybridized carbons (Fsp3) is 0.250. The van der Waals surface area contributed by atoms with E-state index in [1.165, 1.54) is 14.2 Å². The van der Waals surface area contributed by atoms with Crippen LogP contribution in [0.1, 0.15) is 16.2 Å². The van der Waals surface area contributed by atoms with Crippen molar-refractivity contribution in [2.75, 3.05) is 27.9 Å². The summed E-state index contributed by atoms with van der Waals surface area (Å²) >= 11 is 0. The largest absolute Gasteiger partial charge is 0.493 e. The van der Waals surface area contributed by atoms with Gasteiger partial charge in [0.05, 0.1) is 31.8 Å². The molecular formula is C20H21N3O5. The Balaban J connectivity index is 1.72. The van der Waals surface area contributed by atoms with Crippen molar-refractivity contribution in [1.82, 2.24) is 14.9 Å². The predicted molar refractivity (Wildman–Crippen MR) is 102 cm³/mol. The fourth-order valence-corrected chi connectivity index (χ4v) is 2.71. The number of carbonyl (C=O) groups is 2. The van der Waals surface area contributed by atoms with Gasteiger partial charge in [-0.3, -0.25) is 4.79 Å². The maximum atomic E-state index is 12.8. The zero-order valence-electron chi connectivity index (χ0n) is 15.9. The van der Waals surface area contributed by atoms with Gasteiger partial charge < -0.3 is 24.1 Å². The molecular weight excluding hydrogens is 362 g/mol. The van der Waals surface area contributed by atoms with Gasteiger partial charge in [0.15, 0.2) is 18.1 Å². The number of aromatic nitrogens is 2. The van der Waals surface area contributed by atoms with Gasteiger partial charge in [-0.05, 0) is 30.3 Å². The van der Waals surface area contributed by atoms with Gasteiger partial charge in [-0.25, -0.2) is 9.78 Å². The summed E-state index contributed by atoms with van der Waals surface area (Å²) in [6.07, 6.45) is 0. The van der Waals surface area contributed by atoms with E-state index in [9.17, 15) is 9.59 Å². The van der Waals surface area contributed by atoms with Crippen molar-refractivity contribution in [2.45, 2.75) is 6.54 Å². The number of hydrogen-bond acceptors (Lipinski definition) is 6. The maximum Gasteiger partial charge on any atom is 0.343 e. The average molecular weight is 383 g/mol. The Hall–Kier alpha value is -3.55. The molecule has 1 heterocycles. The molecule has 3 rings (SSSR count). The lowest BCUT2D eigenvalue weighted by Crippen LogP contribution is -2.26. The summed E-state index contributed by atoms with van der Waals surface area (Å²) in [4.78, 5) is 33.2. The molecule has 0 aliphatic carbocycles. The summed E-state index contributed by atoms with van der Waals surface area (Å²) in [5.74, 6) is 0.698. The van der Waals surface area contributed by atoms with Crippen LogP contribution in [0.4, 0.5) is 0 Å². The van der Waals surface area contributed by atoms with Crippen LogP contribution < -0.4 is 9.47 Å². The fourth-order valence-electron chi connectivity index (χ4n) is 2.71. The van der Waals surface area contributed by atoms with E-state index in [-0.39, 0.29) is 12.5 Å². The maximum absolute atomic E-state index is 12.8. The summed E-state index contributed by atoms with van der Waals surface area (Å²) in [5.41, 5.74) is 2.21. The molecule has 2 aromatic carbocycles. The number of carbonyl (C=O) groups excluding carboxylic acids is 2. The van der Waals surface area contributed by atoms with E-state index in [4.69, 9.17) is 9.47 Å². The molecule has 0 saturated carbocycles. The summed E-state index contributed by atoms with van der Waals surface area (Å²) in [7, 11) is 4.44. The number of fused-ring (bicyclic) bond motifs is 1. The minimum atomic E-state index is -0.507. The number of methoxy groups -OCH3 is 2. The molecule has 0 aliphatic rings. The minimum absolute atomic E-state index is 0.196. The van der Waals surface area contributed by atoms with Crippen molar-refractivity contribution >= 4 is 22.9 Å². The number of amides is 1. The third-order valence-electron chi connectivity index (χ3n) is 4.16. The van der Waals surface area contributed by atoms with Gasteiger partial charge in [-0.15, -0.1) is 0 Å². The molecule has 1 aromatic heterocycles. The van der Waals surface area contributed by atoms with Gasteiger partial charge in [0.25, 0.3) is 5.91 Å². The smallest absolute Gasteiger partial charge is 0.343 e. The molecule has 0 spiro atoms. The molecule has 8 nitrogen and oxygen atoms in total. The minimum Gasteiger partial charge on any atom is -0.493 e. The first-order valence-corrected chi connectivity index (χ1v) is 8.58. The van der Waals surface area contributed by atoms with Crippen LogP contribution in [-0.2, 0) is 16.1 Å². The molecule has 0 aliphatic heterocycles. The highest BCUT2D eigenvalue weighted by atomic mass is 16.6. The van der Waals surface area contributed by atoms with E-state index >= 15 is 0 Å². The molecule has 146 valence electrons.